The van der Waals surface area contributed by atoms with Crippen LogP contribution in [0.15, 0.2) is 59.5 Å². The number of phenols is 1. The van der Waals surface area contributed by atoms with Gasteiger partial charge in [0.1, 0.15) is 11.4 Å². The number of para-hydroxylation sites is 1. The van der Waals surface area contributed by atoms with Crippen molar-refractivity contribution in [2.75, 3.05) is 38.3 Å². The molecular formula is C23H25ClN4O3. The molecule has 7 nitrogen and oxygen atoms in total. The van der Waals surface area contributed by atoms with Crippen molar-refractivity contribution >= 4 is 28.9 Å². The fourth-order valence-electron chi connectivity index (χ4n) is 3.17. The first-order valence-electron chi connectivity index (χ1n) is 9.77. The van der Waals surface area contributed by atoms with Gasteiger partial charge in [0.25, 0.3) is 11.5 Å². The number of carbonyl (C=O) groups excluding carboxylic acids is 1. The topological polar surface area (TPSA) is 86.6 Å². The lowest BCUT2D eigenvalue weighted by Crippen LogP contribution is -2.26. The number of hydrogen-bond acceptors (Lipinski definition) is 5. The van der Waals surface area contributed by atoms with Crippen LogP contribution in [0.5, 0.6) is 5.75 Å². The minimum Gasteiger partial charge on any atom is -0.506 e. The van der Waals surface area contributed by atoms with Crippen molar-refractivity contribution in [1.82, 2.24) is 9.47 Å². The third-order valence-corrected chi connectivity index (χ3v) is 5.20. The van der Waals surface area contributed by atoms with Crippen molar-refractivity contribution in [1.29, 1.82) is 0 Å². The van der Waals surface area contributed by atoms with E-state index in [0.717, 1.165) is 6.54 Å². The lowest BCUT2D eigenvalue weighted by atomic mass is 10.0. The van der Waals surface area contributed by atoms with Crippen LogP contribution in [0, 0.1) is 0 Å². The quantitative estimate of drug-likeness (QED) is 0.487. The maximum absolute atomic E-state index is 12.8. The molecule has 0 aliphatic carbocycles. The summed E-state index contributed by atoms with van der Waals surface area (Å²) in [6.07, 6.45) is 1.75. The molecule has 1 aromatic heterocycles. The lowest BCUT2D eigenvalue weighted by molar-refractivity contribution is 0.102. The Hall–Kier alpha value is -3.29. The van der Waals surface area contributed by atoms with E-state index in [9.17, 15) is 14.7 Å². The molecule has 0 radical (unpaired) electrons. The fraction of sp³-hybridized carbons (Fsp3) is 0.217. The molecule has 0 saturated heterocycles. The highest BCUT2D eigenvalue weighted by molar-refractivity contribution is 6.34. The van der Waals surface area contributed by atoms with Crippen molar-refractivity contribution in [2.45, 2.75) is 6.54 Å². The van der Waals surface area contributed by atoms with E-state index in [1.165, 1.54) is 6.07 Å². The second kappa shape index (κ2) is 9.68. The van der Waals surface area contributed by atoms with Gasteiger partial charge in [0.15, 0.2) is 0 Å². The van der Waals surface area contributed by atoms with Crippen molar-refractivity contribution in [3.63, 3.8) is 0 Å². The van der Waals surface area contributed by atoms with Gasteiger partial charge in [0.2, 0.25) is 0 Å². The van der Waals surface area contributed by atoms with E-state index in [1.807, 2.05) is 25.1 Å². The van der Waals surface area contributed by atoms with Gasteiger partial charge >= 0.3 is 0 Å². The zero-order chi connectivity index (χ0) is 22.5. The molecular weight excluding hydrogens is 416 g/mol. The summed E-state index contributed by atoms with van der Waals surface area (Å²) in [6.45, 7) is 1.31. The Morgan fingerprint density at radius 2 is 1.94 bits per heavy atom. The Morgan fingerprint density at radius 3 is 2.61 bits per heavy atom. The highest BCUT2D eigenvalue weighted by Crippen LogP contribution is 2.32. The van der Waals surface area contributed by atoms with Crippen LogP contribution in [0.3, 0.4) is 0 Å². The molecule has 31 heavy (non-hydrogen) atoms. The van der Waals surface area contributed by atoms with Gasteiger partial charge in [-0.05, 0) is 56.1 Å². The number of carbonyl (C=O) groups is 1. The fourth-order valence-corrected chi connectivity index (χ4v) is 3.43. The Morgan fingerprint density at radius 1 is 1.16 bits per heavy atom. The van der Waals surface area contributed by atoms with Crippen LogP contribution >= 0.6 is 11.6 Å². The Bertz CT molecular complexity index is 1160. The maximum atomic E-state index is 12.8. The largest absolute Gasteiger partial charge is 0.506 e. The average Bonchev–Trinajstić information content (AvgIpc) is 2.74. The second-order valence-electron chi connectivity index (χ2n) is 7.32. The zero-order valence-corrected chi connectivity index (χ0v) is 18.4. The van der Waals surface area contributed by atoms with Gasteiger partial charge in [-0.3, -0.25) is 9.59 Å². The van der Waals surface area contributed by atoms with Crippen molar-refractivity contribution < 1.29 is 9.90 Å². The number of aromatic nitrogens is 1. The van der Waals surface area contributed by atoms with Crippen LogP contribution in [-0.2, 0) is 6.54 Å². The van der Waals surface area contributed by atoms with Gasteiger partial charge < -0.3 is 25.2 Å². The lowest BCUT2D eigenvalue weighted by Gasteiger charge is -2.14. The SMILES string of the molecule is CNc1cccc(O)c1NC(=O)c1ccc(-c2cccn(CCN(C)C)c2=O)cc1Cl. The van der Waals surface area contributed by atoms with E-state index in [-0.39, 0.29) is 27.6 Å². The molecule has 1 heterocycles. The number of aromatic hydroxyl groups is 1. The van der Waals surface area contributed by atoms with Crippen LogP contribution in [0.2, 0.25) is 5.02 Å². The Kier molecular flexibility index (Phi) is 6.99. The monoisotopic (exact) mass is 440 g/mol. The summed E-state index contributed by atoms with van der Waals surface area (Å²) in [5, 5.41) is 15.9. The molecule has 0 fully saturated rings. The number of nitrogens with zero attached hydrogens (tertiary/aromatic N) is 2. The smallest absolute Gasteiger partial charge is 0.258 e. The number of benzene rings is 2. The zero-order valence-electron chi connectivity index (χ0n) is 17.6. The first-order chi connectivity index (χ1) is 14.8. The maximum Gasteiger partial charge on any atom is 0.258 e. The predicted molar refractivity (Wildman–Crippen MR) is 125 cm³/mol. The van der Waals surface area contributed by atoms with E-state index in [4.69, 9.17) is 11.6 Å². The number of rotatable bonds is 7. The summed E-state index contributed by atoms with van der Waals surface area (Å²) in [6, 6.07) is 13.3. The molecule has 0 aliphatic rings. The van der Waals surface area contributed by atoms with Gasteiger partial charge in [-0.1, -0.05) is 23.7 Å². The molecule has 2 aromatic carbocycles. The first kappa shape index (κ1) is 22.4. The molecule has 0 atom stereocenters. The first-order valence-corrected chi connectivity index (χ1v) is 10.1. The summed E-state index contributed by atoms with van der Waals surface area (Å²) in [7, 11) is 5.59. The van der Waals surface area contributed by atoms with E-state index < -0.39 is 5.91 Å². The molecule has 3 rings (SSSR count). The van der Waals surface area contributed by atoms with Crippen LogP contribution in [0.1, 0.15) is 10.4 Å². The highest BCUT2D eigenvalue weighted by atomic mass is 35.5. The molecule has 3 aromatic rings. The number of anilines is 2. The second-order valence-corrected chi connectivity index (χ2v) is 7.73. The van der Waals surface area contributed by atoms with Crippen LogP contribution in [0.4, 0.5) is 11.4 Å². The third-order valence-electron chi connectivity index (χ3n) is 4.88. The van der Waals surface area contributed by atoms with Gasteiger partial charge in [-0.2, -0.15) is 0 Å². The van der Waals surface area contributed by atoms with Crippen LogP contribution in [0.25, 0.3) is 11.1 Å². The summed E-state index contributed by atoms with van der Waals surface area (Å²) >= 11 is 6.39. The molecule has 162 valence electrons. The number of amides is 1. The minimum atomic E-state index is -0.467. The van der Waals surface area contributed by atoms with E-state index in [0.29, 0.717) is 23.4 Å². The molecule has 0 unspecified atom stereocenters. The van der Waals surface area contributed by atoms with Crippen molar-refractivity contribution in [2.24, 2.45) is 0 Å². The Balaban J connectivity index is 1.88. The minimum absolute atomic E-state index is 0.0597. The standard InChI is InChI=1S/C23H25ClN4O3/c1-25-19-7-4-8-20(29)21(19)26-22(30)17-10-9-15(14-18(17)24)16-6-5-11-28(23(16)31)13-12-27(2)3/h4-11,14,25,29H,12-13H2,1-3H3,(H,26,30). The normalized spacial score (nSPS) is 10.9. The summed E-state index contributed by atoms with van der Waals surface area (Å²) in [5.41, 5.74) is 2.09. The molecule has 0 aliphatic heterocycles. The van der Waals surface area contributed by atoms with Gasteiger partial charge in [0.05, 0.1) is 16.3 Å². The molecule has 8 heteroatoms. The molecule has 1 amide bonds. The summed E-state index contributed by atoms with van der Waals surface area (Å²) in [4.78, 5) is 27.6. The van der Waals surface area contributed by atoms with Crippen molar-refractivity contribution in [3.8, 4) is 16.9 Å². The Labute approximate surface area is 185 Å². The van der Waals surface area contributed by atoms with E-state index in [2.05, 4.69) is 10.6 Å². The summed E-state index contributed by atoms with van der Waals surface area (Å²) in [5.74, 6) is -0.526. The molecule has 0 saturated carbocycles. The average molecular weight is 441 g/mol. The van der Waals surface area contributed by atoms with E-state index in [1.54, 1.807) is 54.2 Å². The number of likely N-dealkylation sites (N-methyl/N-ethyl adjacent to an activating group) is 1. The molecule has 0 spiro atoms. The van der Waals surface area contributed by atoms with Gasteiger partial charge in [-0.25, -0.2) is 0 Å². The third kappa shape index (κ3) is 5.07. The number of nitrogens with one attached hydrogen (secondary N) is 2. The predicted octanol–water partition coefficient (Wildman–Crippen LogP) is 3.73. The number of hydrogen-bond donors (Lipinski definition) is 3. The highest BCUT2D eigenvalue weighted by Gasteiger charge is 2.16. The number of pyridine rings is 1. The van der Waals surface area contributed by atoms with Crippen molar-refractivity contribution in [3.05, 3.63) is 75.7 Å². The molecule has 3 N–H and O–H groups in total. The van der Waals surface area contributed by atoms with Gasteiger partial charge in [-0.15, -0.1) is 0 Å². The molecule has 0 bridgehead atoms. The van der Waals surface area contributed by atoms with Crippen LogP contribution < -0.4 is 16.2 Å². The summed E-state index contributed by atoms with van der Waals surface area (Å²) < 4.78 is 1.65. The van der Waals surface area contributed by atoms with Gasteiger partial charge in [0, 0.05) is 31.9 Å². The number of phenolic OH excluding ortho intramolecular Hbond substituents is 1. The van der Waals surface area contributed by atoms with E-state index >= 15 is 0 Å². The number of halogens is 1. The van der Waals surface area contributed by atoms with Crippen LogP contribution in [-0.4, -0.2) is 48.2 Å².